The predicted octanol–water partition coefficient (Wildman–Crippen LogP) is 1.69. The summed E-state index contributed by atoms with van der Waals surface area (Å²) in [5, 5.41) is 7.30. The number of piperazine rings is 1. The van der Waals surface area contributed by atoms with E-state index in [9.17, 15) is 12.8 Å². The molecule has 6 nitrogen and oxygen atoms in total. The molecule has 130 valence electrons. The third-order valence-electron chi connectivity index (χ3n) is 4.46. The lowest BCUT2D eigenvalue weighted by Crippen LogP contribution is -2.57. The molecule has 1 aliphatic rings. The number of rotatable bonds is 3. The summed E-state index contributed by atoms with van der Waals surface area (Å²) in [5.74, 6) is -0.616. The SMILES string of the molecule is Cc1cnn(-c2ccc(S(=O)(=O)N3CCNC(C)C3C)cc2F)c1. The molecule has 1 saturated heterocycles. The summed E-state index contributed by atoms with van der Waals surface area (Å²) in [6.07, 6.45) is 3.31. The lowest BCUT2D eigenvalue weighted by molar-refractivity contribution is 0.233. The highest BCUT2D eigenvalue weighted by Crippen LogP contribution is 2.24. The number of hydrogen-bond acceptors (Lipinski definition) is 4. The molecule has 0 amide bonds. The molecule has 24 heavy (non-hydrogen) atoms. The van der Waals surface area contributed by atoms with E-state index in [1.54, 1.807) is 12.4 Å². The quantitative estimate of drug-likeness (QED) is 0.913. The molecular weight excluding hydrogens is 331 g/mol. The molecular formula is C16H21FN4O2S. The number of aromatic nitrogens is 2. The van der Waals surface area contributed by atoms with E-state index in [0.717, 1.165) is 11.6 Å². The van der Waals surface area contributed by atoms with Crippen molar-refractivity contribution in [2.45, 2.75) is 37.8 Å². The van der Waals surface area contributed by atoms with Crippen molar-refractivity contribution in [3.05, 3.63) is 42.0 Å². The van der Waals surface area contributed by atoms with E-state index in [2.05, 4.69) is 10.4 Å². The monoisotopic (exact) mass is 352 g/mol. The third-order valence-corrected chi connectivity index (χ3v) is 6.44. The van der Waals surface area contributed by atoms with E-state index in [-0.39, 0.29) is 22.7 Å². The van der Waals surface area contributed by atoms with Crippen molar-refractivity contribution in [2.24, 2.45) is 0 Å². The van der Waals surface area contributed by atoms with E-state index in [4.69, 9.17) is 0 Å². The Balaban J connectivity index is 1.96. The zero-order chi connectivity index (χ0) is 17.5. The van der Waals surface area contributed by atoms with Gasteiger partial charge in [0.25, 0.3) is 0 Å². The van der Waals surface area contributed by atoms with Gasteiger partial charge in [0.05, 0.1) is 11.1 Å². The average Bonchev–Trinajstić information content (AvgIpc) is 2.96. The van der Waals surface area contributed by atoms with Gasteiger partial charge in [-0.15, -0.1) is 0 Å². The Hall–Kier alpha value is -1.77. The highest BCUT2D eigenvalue weighted by Gasteiger charge is 2.34. The first kappa shape index (κ1) is 17.1. The number of hydrogen-bond donors (Lipinski definition) is 1. The van der Waals surface area contributed by atoms with Crippen LogP contribution in [0.3, 0.4) is 0 Å². The van der Waals surface area contributed by atoms with Crippen molar-refractivity contribution in [2.75, 3.05) is 13.1 Å². The van der Waals surface area contributed by atoms with Gasteiger partial charge in [-0.3, -0.25) is 0 Å². The van der Waals surface area contributed by atoms with Crippen LogP contribution in [-0.4, -0.2) is 47.7 Å². The maximum Gasteiger partial charge on any atom is 0.243 e. The van der Waals surface area contributed by atoms with Crippen LogP contribution in [0.15, 0.2) is 35.5 Å². The fourth-order valence-corrected chi connectivity index (χ4v) is 4.59. The summed E-state index contributed by atoms with van der Waals surface area (Å²) >= 11 is 0. The molecule has 8 heteroatoms. The molecule has 1 aromatic heterocycles. The summed E-state index contributed by atoms with van der Waals surface area (Å²) in [6.45, 7) is 6.60. The topological polar surface area (TPSA) is 67.2 Å². The Kier molecular flexibility index (Phi) is 4.46. The first-order valence-electron chi connectivity index (χ1n) is 7.87. The molecule has 0 spiro atoms. The molecule has 1 N–H and O–H groups in total. The van der Waals surface area contributed by atoms with Crippen LogP contribution in [0.1, 0.15) is 19.4 Å². The normalized spacial score (nSPS) is 22.7. The van der Waals surface area contributed by atoms with Crippen LogP contribution in [0.25, 0.3) is 5.69 Å². The van der Waals surface area contributed by atoms with Crippen LogP contribution in [-0.2, 0) is 10.0 Å². The maximum absolute atomic E-state index is 14.5. The second-order valence-electron chi connectivity index (χ2n) is 6.17. The highest BCUT2D eigenvalue weighted by molar-refractivity contribution is 7.89. The Bertz CT molecular complexity index is 850. The van der Waals surface area contributed by atoms with Crippen LogP contribution in [0.5, 0.6) is 0 Å². The van der Waals surface area contributed by atoms with Gasteiger partial charge in [-0.25, -0.2) is 17.5 Å². The molecule has 2 atom stereocenters. The van der Waals surface area contributed by atoms with Crippen LogP contribution in [0.2, 0.25) is 0 Å². The molecule has 1 fully saturated rings. The fourth-order valence-electron chi connectivity index (χ4n) is 2.88. The van der Waals surface area contributed by atoms with Gasteiger partial charge in [0, 0.05) is 31.4 Å². The molecule has 1 aromatic carbocycles. The van der Waals surface area contributed by atoms with Gasteiger partial charge in [-0.2, -0.15) is 9.40 Å². The van der Waals surface area contributed by atoms with Crippen LogP contribution >= 0.6 is 0 Å². The van der Waals surface area contributed by atoms with Gasteiger partial charge >= 0.3 is 0 Å². The molecule has 2 aromatic rings. The third kappa shape index (κ3) is 2.97. The number of benzene rings is 1. The Morgan fingerprint density at radius 1 is 1.33 bits per heavy atom. The first-order chi connectivity index (χ1) is 11.3. The number of sulfonamides is 1. The largest absolute Gasteiger partial charge is 0.311 e. The second kappa shape index (κ2) is 6.27. The summed E-state index contributed by atoms with van der Waals surface area (Å²) in [6, 6.07) is 3.81. The zero-order valence-corrected chi connectivity index (χ0v) is 14.7. The second-order valence-corrected chi connectivity index (χ2v) is 8.07. The van der Waals surface area contributed by atoms with Crippen LogP contribution < -0.4 is 5.32 Å². The number of aryl methyl sites for hydroxylation is 1. The minimum Gasteiger partial charge on any atom is -0.311 e. The molecule has 2 unspecified atom stereocenters. The fraction of sp³-hybridized carbons (Fsp3) is 0.438. The van der Waals surface area contributed by atoms with Gasteiger partial charge in [-0.1, -0.05) is 0 Å². The Morgan fingerprint density at radius 2 is 2.08 bits per heavy atom. The molecule has 0 bridgehead atoms. The summed E-state index contributed by atoms with van der Waals surface area (Å²) in [4.78, 5) is -0.0337. The van der Waals surface area contributed by atoms with Gasteiger partial charge in [0.15, 0.2) is 0 Å². The van der Waals surface area contributed by atoms with Crippen molar-refractivity contribution in [1.29, 1.82) is 0 Å². The van der Waals surface area contributed by atoms with Gasteiger partial charge in [-0.05, 0) is 44.5 Å². The van der Waals surface area contributed by atoms with E-state index in [0.29, 0.717) is 13.1 Å². The Labute approximate surface area is 141 Å². The molecule has 3 rings (SSSR count). The highest BCUT2D eigenvalue weighted by atomic mass is 32.2. The molecule has 2 heterocycles. The van der Waals surface area contributed by atoms with Crippen LogP contribution in [0.4, 0.5) is 4.39 Å². The average molecular weight is 352 g/mol. The number of nitrogens with one attached hydrogen (secondary N) is 1. The van der Waals surface area contributed by atoms with Gasteiger partial charge in [0.2, 0.25) is 10.0 Å². The zero-order valence-electron chi connectivity index (χ0n) is 13.9. The van der Waals surface area contributed by atoms with Crippen molar-refractivity contribution in [3.8, 4) is 5.69 Å². The van der Waals surface area contributed by atoms with Crippen LogP contribution in [0, 0.1) is 12.7 Å². The standard InChI is InChI=1S/C16H21FN4O2S/c1-11-9-19-20(10-11)16-5-4-14(8-15(16)17)24(22,23)21-7-6-18-12(2)13(21)3/h4-5,8-10,12-13,18H,6-7H2,1-3H3. The molecule has 0 radical (unpaired) electrons. The van der Waals surface area contributed by atoms with Crippen molar-refractivity contribution < 1.29 is 12.8 Å². The minimum absolute atomic E-state index is 0.0337. The Morgan fingerprint density at radius 3 is 2.71 bits per heavy atom. The van der Waals surface area contributed by atoms with Crippen molar-refractivity contribution >= 4 is 10.0 Å². The summed E-state index contributed by atoms with van der Waals surface area (Å²) < 4.78 is 43.0. The summed E-state index contributed by atoms with van der Waals surface area (Å²) in [5.41, 5.74) is 1.12. The van der Waals surface area contributed by atoms with E-state index < -0.39 is 15.8 Å². The maximum atomic E-state index is 14.5. The van der Waals surface area contributed by atoms with Gasteiger partial charge < -0.3 is 5.32 Å². The lowest BCUT2D eigenvalue weighted by Gasteiger charge is -2.37. The van der Waals surface area contributed by atoms with Crippen molar-refractivity contribution in [1.82, 2.24) is 19.4 Å². The first-order valence-corrected chi connectivity index (χ1v) is 9.31. The molecule has 0 aliphatic carbocycles. The van der Waals surface area contributed by atoms with E-state index in [1.807, 2.05) is 20.8 Å². The lowest BCUT2D eigenvalue weighted by atomic mass is 10.1. The van der Waals surface area contributed by atoms with E-state index in [1.165, 1.54) is 21.1 Å². The molecule has 1 aliphatic heterocycles. The molecule has 0 saturated carbocycles. The minimum atomic E-state index is -3.74. The summed E-state index contributed by atoms with van der Waals surface area (Å²) in [7, 11) is -3.74. The van der Waals surface area contributed by atoms with Crippen molar-refractivity contribution in [3.63, 3.8) is 0 Å². The predicted molar refractivity (Wildman–Crippen MR) is 89.1 cm³/mol. The number of halogens is 1. The van der Waals surface area contributed by atoms with E-state index >= 15 is 0 Å². The smallest absolute Gasteiger partial charge is 0.243 e. The van der Waals surface area contributed by atoms with Gasteiger partial charge in [0.1, 0.15) is 11.5 Å². The number of nitrogens with zero attached hydrogens (tertiary/aromatic N) is 3.